The van der Waals surface area contributed by atoms with Crippen LogP contribution in [0.2, 0.25) is 0 Å². The van der Waals surface area contributed by atoms with Gasteiger partial charge in [-0.05, 0) is 36.8 Å². The van der Waals surface area contributed by atoms with Gasteiger partial charge in [-0.2, -0.15) is 5.10 Å². The molecule has 0 fully saturated rings. The topological polar surface area (TPSA) is 107 Å². The number of hydrogen-bond acceptors (Lipinski definition) is 7. The Hall–Kier alpha value is -3.75. The summed E-state index contributed by atoms with van der Waals surface area (Å²) in [4.78, 5) is 24.2. The first kappa shape index (κ1) is 23.5. The second-order valence-electron chi connectivity index (χ2n) is 6.30. The normalized spacial score (nSPS) is 10.5. The number of hydrazone groups is 1. The fraction of sp³-hybridized carbons (Fsp3) is 0.318. The van der Waals surface area contributed by atoms with Crippen LogP contribution >= 0.6 is 0 Å². The first-order valence-electron chi connectivity index (χ1n) is 9.65. The fourth-order valence-corrected chi connectivity index (χ4v) is 2.55. The molecule has 0 heterocycles. The first-order chi connectivity index (χ1) is 15.0. The molecule has 0 aliphatic rings. The molecule has 9 nitrogen and oxygen atoms in total. The molecule has 166 valence electrons. The molecule has 2 aromatic carbocycles. The minimum Gasteiger partial charge on any atom is -0.496 e. The molecule has 0 spiro atoms. The Morgan fingerprint density at radius 1 is 0.968 bits per heavy atom. The molecule has 0 bridgehead atoms. The van der Waals surface area contributed by atoms with Gasteiger partial charge in [-0.3, -0.25) is 9.59 Å². The Labute approximate surface area is 181 Å². The molecular weight excluding hydrogens is 402 g/mol. The van der Waals surface area contributed by atoms with Gasteiger partial charge in [0.25, 0.3) is 11.8 Å². The summed E-state index contributed by atoms with van der Waals surface area (Å²) >= 11 is 0. The average Bonchev–Trinajstić information content (AvgIpc) is 2.81. The molecule has 0 unspecified atom stereocenters. The van der Waals surface area contributed by atoms with Crippen LogP contribution in [-0.2, 0) is 4.79 Å². The largest absolute Gasteiger partial charge is 0.496 e. The van der Waals surface area contributed by atoms with Crippen LogP contribution in [0.15, 0.2) is 41.5 Å². The maximum atomic E-state index is 12.2. The Morgan fingerprint density at radius 2 is 1.61 bits per heavy atom. The third-order valence-corrected chi connectivity index (χ3v) is 4.13. The second-order valence-corrected chi connectivity index (χ2v) is 6.30. The Kier molecular flexibility index (Phi) is 9.15. The van der Waals surface area contributed by atoms with Crippen molar-refractivity contribution < 1.29 is 28.5 Å². The molecule has 2 rings (SSSR count). The summed E-state index contributed by atoms with van der Waals surface area (Å²) in [5.74, 6) is 1.34. The van der Waals surface area contributed by atoms with Crippen LogP contribution in [-0.4, -0.2) is 52.5 Å². The molecule has 2 N–H and O–H groups in total. The lowest BCUT2D eigenvalue weighted by molar-refractivity contribution is -0.120. The van der Waals surface area contributed by atoms with Crippen molar-refractivity contribution in [1.82, 2.24) is 10.7 Å². The summed E-state index contributed by atoms with van der Waals surface area (Å²) in [6.07, 6.45) is 2.31. The van der Waals surface area contributed by atoms with Crippen LogP contribution < -0.4 is 29.7 Å². The molecular formula is C22H27N3O6. The van der Waals surface area contributed by atoms with E-state index in [1.54, 1.807) is 36.4 Å². The minimum atomic E-state index is -0.480. The van der Waals surface area contributed by atoms with E-state index in [1.807, 2.05) is 6.92 Å². The molecule has 0 saturated heterocycles. The third-order valence-electron chi connectivity index (χ3n) is 4.13. The van der Waals surface area contributed by atoms with E-state index < -0.39 is 5.91 Å². The SMILES string of the molecule is CCCOc1ccc(C(=O)NCC(=O)N/N=C\c2cc(OC)c(OC)cc2OC)cc1. The lowest BCUT2D eigenvalue weighted by atomic mass is 10.2. The number of benzene rings is 2. The van der Waals surface area contributed by atoms with Crippen LogP contribution in [0.1, 0.15) is 29.3 Å². The van der Waals surface area contributed by atoms with Crippen LogP contribution in [0.4, 0.5) is 0 Å². The first-order valence-corrected chi connectivity index (χ1v) is 9.65. The number of hydrogen-bond donors (Lipinski definition) is 2. The zero-order valence-corrected chi connectivity index (χ0v) is 18.1. The van der Waals surface area contributed by atoms with Crippen LogP contribution in [0, 0.1) is 0 Å². The maximum Gasteiger partial charge on any atom is 0.259 e. The number of nitrogens with one attached hydrogen (secondary N) is 2. The summed E-state index contributed by atoms with van der Waals surface area (Å²) < 4.78 is 21.3. The highest BCUT2D eigenvalue weighted by molar-refractivity contribution is 5.96. The lowest BCUT2D eigenvalue weighted by Gasteiger charge is -2.11. The molecule has 0 aromatic heterocycles. The third kappa shape index (κ3) is 6.91. The monoisotopic (exact) mass is 429 g/mol. The van der Waals surface area contributed by atoms with Crippen molar-refractivity contribution in [3.63, 3.8) is 0 Å². The lowest BCUT2D eigenvalue weighted by Crippen LogP contribution is -2.34. The minimum absolute atomic E-state index is 0.229. The maximum absolute atomic E-state index is 12.2. The van der Waals surface area contributed by atoms with E-state index in [1.165, 1.54) is 27.5 Å². The molecule has 0 aliphatic heterocycles. The van der Waals surface area contributed by atoms with Gasteiger partial charge in [0.15, 0.2) is 11.5 Å². The van der Waals surface area contributed by atoms with E-state index in [-0.39, 0.29) is 12.5 Å². The number of ether oxygens (including phenoxy) is 4. The standard InChI is InChI=1S/C22H27N3O6/c1-5-10-31-17-8-6-15(7-9-17)22(27)23-14-21(26)25-24-13-16-11-19(29-3)20(30-4)12-18(16)28-2/h6-9,11-13H,5,10,14H2,1-4H3,(H,23,27)(H,25,26)/b24-13-. The van der Waals surface area contributed by atoms with Gasteiger partial charge in [0, 0.05) is 17.2 Å². The van der Waals surface area contributed by atoms with Gasteiger partial charge in [0.2, 0.25) is 0 Å². The predicted molar refractivity (Wildman–Crippen MR) is 116 cm³/mol. The molecule has 2 amide bonds. The van der Waals surface area contributed by atoms with Crippen molar-refractivity contribution in [2.24, 2.45) is 5.10 Å². The van der Waals surface area contributed by atoms with Gasteiger partial charge in [0.1, 0.15) is 11.5 Å². The average molecular weight is 429 g/mol. The van der Waals surface area contributed by atoms with Gasteiger partial charge < -0.3 is 24.3 Å². The van der Waals surface area contributed by atoms with Crippen LogP contribution in [0.5, 0.6) is 23.0 Å². The number of nitrogens with zero attached hydrogens (tertiary/aromatic N) is 1. The summed E-state index contributed by atoms with van der Waals surface area (Å²) in [7, 11) is 4.55. The quantitative estimate of drug-likeness (QED) is 0.420. The van der Waals surface area contributed by atoms with Crippen molar-refractivity contribution >= 4 is 18.0 Å². The molecule has 2 aromatic rings. The molecule has 9 heteroatoms. The van der Waals surface area contributed by atoms with Crippen molar-refractivity contribution in [2.45, 2.75) is 13.3 Å². The van der Waals surface area contributed by atoms with Gasteiger partial charge in [-0.15, -0.1) is 0 Å². The summed E-state index contributed by atoms with van der Waals surface area (Å²) in [6.45, 7) is 2.40. The highest BCUT2D eigenvalue weighted by Crippen LogP contribution is 2.33. The van der Waals surface area contributed by atoms with E-state index >= 15 is 0 Å². The fourth-order valence-electron chi connectivity index (χ4n) is 2.55. The van der Waals surface area contributed by atoms with E-state index in [2.05, 4.69) is 15.8 Å². The van der Waals surface area contributed by atoms with Crippen LogP contribution in [0.25, 0.3) is 0 Å². The second kappa shape index (κ2) is 12.1. The number of rotatable bonds is 11. The molecule has 0 aliphatic carbocycles. The Bertz CT molecular complexity index is 912. The Balaban J connectivity index is 1.89. The zero-order valence-electron chi connectivity index (χ0n) is 18.1. The number of carbonyl (C=O) groups is 2. The smallest absolute Gasteiger partial charge is 0.259 e. The summed E-state index contributed by atoms with van der Waals surface area (Å²) in [5, 5.41) is 6.44. The van der Waals surface area contributed by atoms with Gasteiger partial charge >= 0.3 is 0 Å². The van der Waals surface area contributed by atoms with Crippen molar-refractivity contribution in [1.29, 1.82) is 0 Å². The predicted octanol–water partition coefficient (Wildman–Crippen LogP) is 2.38. The Morgan fingerprint density at radius 3 is 2.23 bits per heavy atom. The highest BCUT2D eigenvalue weighted by Gasteiger charge is 2.11. The van der Waals surface area contributed by atoms with E-state index in [0.717, 1.165) is 6.42 Å². The summed E-state index contributed by atoms with van der Waals surface area (Å²) in [6, 6.07) is 10.0. The van der Waals surface area contributed by atoms with Crippen molar-refractivity contribution in [3.8, 4) is 23.0 Å². The van der Waals surface area contributed by atoms with Gasteiger partial charge in [0.05, 0.1) is 40.7 Å². The zero-order chi connectivity index (χ0) is 22.6. The van der Waals surface area contributed by atoms with Crippen molar-refractivity contribution in [3.05, 3.63) is 47.5 Å². The molecule has 0 radical (unpaired) electrons. The highest BCUT2D eigenvalue weighted by atomic mass is 16.5. The van der Waals surface area contributed by atoms with Gasteiger partial charge in [-0.25, -0.2) is 5.43 Å². The number of methoxy groups -OCH3 is 3. The van der Waals surface area contributed by atoms with E-state index in [0.29, 0.717) is 40.7 Å². The van der Waals surface area contributed by atoms with E-state index in [9.17, 15) is 9.59 Å². The van der Waals surface area contributed by atoms with Crippen molar-refractivity contribution in [2.75, 3.05) is 34.5 Å². The molecule has 0 saturated carbocycles. The van der Waals surface area contributed by atoms with Gasteiger partial charge in [-0.1, -0.05) is 6.92 Å². The van der Waals surface area contributed by atoms with Crippen LogP contribution in [0.3, 0.4) is 0 Å². The molecule has 31 heavy (non-hydrogen) atoms. The summed E-state index contributed by atoms with van der Waals surface area (Å²) in [5.41, 5.74) is 3.36. The number of amides is 2. The number of carbonyl (C=O) groups excluding carboxylic acids is 2. The molecule has 0 atom stereocenters. The van der Waals surface area contributed by atoms with E-state index in [4.69, 9.17) is 18.9 Å².